The predicted octanol–water partition coefficient (Wildman–Crippen LogP) is 6.55. The molecule has 0 fully saturated rings. The van der Waals surface area contributed by atoms with Crippen LogP contribution in [0.2, 0.25) is 0 Å². The molecule has 0 unspecified atom stereocenters. The minimum absolute atomic E-state index is 0.0343. The number of thiophene rings is 1. The minimum atomic E-state index is -4.73. The molecule has 0 spiro atoms. The number of aryl methyl sites for hydroxylation is 1. The van der Waals surface area contributed by atoms with Gasteiger partial charge in [0.25, 0.3) is 11.8 Å². The first-order chi connectivity index (χ1) is 18.4. The lowest BCUT2D eigenvalue weighted by Gasteiger charge is -2.12. The molecule has 0 bridgehead atoms. The number of alkyl halides is 3. The van der Waals surface area contributed by atoms with E-state index >= 15 is 0 Å². The van der Waals surface area contributed by atoms with Crippen LogP contribution in [-0.4, -0.2) is 26.6 Å². The van der Waals surface area contributed by atoms with Crippen LogP contribution < -0.4 is 11.1 Å². The highest BCUT2D eigenvalue weighted by atomic mass is 79.9. The van der Waals surface area contributed by atoms with Crippen molar-refractivity contribution < 1.29 is 27.2 Å². The number of furan rings is 1. The Labute approximate surface area is 231 Å². The van der Waals surface area contributed by atoms with Crippen LogP contribution in [0.15, 0.2) is 57.4 Å². The number of hydrogen-bond donors (Lipinski definition) is 2. The van der Waals surface area contributed by atoms with Gasteiger partial charge in [-0.3, -0.25) is 14.3 Å². The number of aromatic nitrogens is 3. The van der Waals surface area contributed by atoms with E-state index in [9.17, 15) is 22.8 Å². The molecule has 1 aromatic carbocycles. The lowest BCUT2D eigenvalue weighted by molar-refractivity contribution is -0.140. The van der Waals surface area contributed by atoms with E-state index in [1.807, 2.05) is 13.8 Å². The van der Waals surface area contributed by atoms with Crippen LogP contribution in [0.4, 0.5) is 18.9 Å². The summed E-state index contributed by atoms with van der Waals surface area (Å²) in [6, 6.07) is 12.3. The maximum Gasteiger partial charge on any atom is 0.433 e. The van der Waals surface area contributed by atoms with Crippen molar-refractivity contribution >= 4 is 55.0 Å². The first kappa shape index (κ1) is 26.6. The largest absolute Gasteiger partial charge is 0.454 e. The first-order valence-corrected chi connectivity index (χ1v) is 13.0. The van der Waals surface area contributed by atoms with Crippen molar-refractivity contribution in [3.63, 3.8) is 0 Å². The monoisotopic (exact) mass is 617 g/mol. The van der Waals surface area contributed by atoms with Gasteiger partial charge < -0.3 is 15.5 Å². The summed E-state index contributed by atoms with van der Waals surface area (Å²) in [6.07, 6.45) is -4.73. The molecule has 200 valence electrons. The number of nitrogens with two attached hydrogens (primary N) is 1. The Morgan fingerprint density at radius 1 is 1.15 bits per heavy atom. The van der Waals surface area contributed by atoms with Gasteiger partial charge in [-0.15, -0.1) is 11.3 Å². The van der Waals surface area contributed by atoms with E-state index in [-0.39, 0.29) is 38.6 Å². The highest BCUT2D eigenvalue weighted by molar-refractivity contribution is 9.10. The quantitative estimate of drug-likeness (QED) is 0.224. The van der Waals surface area contributed by atoms with Crippen LogP contribution in [0.25, 0.3) is 21.3 Å². The van der Waals surface area contributed by atoms with Crippen LogP contribution in [0.5, 0.6) is 0 Å². The third-order valence-corrected chi connectivity index (χ3v) is 8.23. The molecule has 3 N–H and O–H groups in total. The standard InChI is InChI=1S/C26H19BrF3N5O3S/c1-12-20(27)13(2)35(34-12)11-15-8-9-17(38-15)24(37)33-21-19-16(14-6-4-3-5-7-14)10-18(26(28,29)30)32-25(19)39-22(21)23(31)36/h3-10H,11H2,1-2H3,(H2,31,36)(H,33,37). The third kappa shape index (κ3) is 5.06. The van der Waals surface area contributed by atoms with Crippen molar-refractivity contribution in [2.24, 2.45) is 5.73 Å². The van der Waals surface area contributed by atoms with Crippen LogP contribution in [-0.2, 0) is 12.7 Å². The number of anilines is 1. The molecule has 13 heteroatoms. The maximum atomic E-state index is 13.7. The highest BCUT2D eigenvalue weighted by Crippen LogP contribution is 2.43. The molecule has 0 radical (unpaired) electrons. The van der Waals surface area contributed by atoms with Crippen molar-refractivity contribution in [3.05, 3.63) is 86.5 Å². The number of carbonyl (C=O) groups excluding carboxylic acids is 2. The maximum absolute atomic E-state index is 13.7. The Bertz CT molecular complexity index is 1740. The zero-order valence-corrected chi connectivity index (χ0v) is 22.8. The number of amides is 2. The summed E-state index contributed by atoms with van der Waals surface area (Å²) < 4.78 is 49.3. The SMILES string of the molecule is Cc1nn(Cc2ccc(C(=O)Nc3c(C(N)=O)sc4nc(C(F)(F)F)cc(-c5ccccc5)c34)o2)c(C)c1Br. The zero-order valence-electron chi connectivity index (χ0n) is 20.4. The van der Waals surface area contributed by atoms with E-state index in [1.165, 1.54) is 6.07 Å². The molecule has 4 aromatic heterocycles. The summed E-state index contributed by atoms with van der Waals surface area (Å²) in [6.45, 7) is 4.00. The molecule has 39 heavy (non-hydrogen) atoms. The minimum Gasteiger partial charge on any atom is -0.454 e. The van der Waals surface area contributed by atoms with Gasteiger partial charge in [0.1, 0.15) is 21.2 Å². The van der Waals surface area contributed by atoms with E-state index in [4.69, 9.17) is 10.2 Å². The van der Waals surface area contributed by atoms with E-state index in [2.05, 4.69) is 31.3 Å². The van der Waals surface area contributed by atoms with Crippen molar-refractivity contribution in [2.45, 2.75) is 26.6 Å². The van der Waals surface area contributed by atoms with Crippen molar-refractivity contribution in [2.75, 3.05) is 5.32 Å². The molecular weight excluding hydrogens is 599 g/mol. The second kappa shape index (κ2) is 9.97. The smallest absolute Gasteiger partial charge is 0.433 e. The number of benzene rings is 1. The third-order valence-electron chi connectivity index (χ3n) is 5.98. The van der Waals surface area contributed by atoms with Gasteiger partial charge in [-0.1, -0.05) is 30.3 Å². The number of primary amides is 1. The number of hydrogen-bond acceptors (Lipinski definition) is 6. The molecule has 8 nitrogen and oxygen atoms in total. The number of halogens is 4. The number of rotatable bonds is 6. The Hall–Kier alpha value is -3.97. The van der Waals surface area contributed by atoms with E-state index in [0.717, 1.165) is 21.9 Å². The van der Waals surface area contributed by atoms with E-state index in [0.29, 0.717) is 22.7 Å². The van der Waals surface area contributed by atoms with Crippen LogP contribution in [0.3, 0.4) is 0 Å². The normalized spacial score (nSPS) is 11.7. The van der Waals surface area contributed by atoms with Crippen molar-refractivity contribution in [3.8, 4) is 11.1 Å². The van der Waals surface area contributed by atoms with E-state index in [1.54, 1.807) is 41.1 Å². The summed E-state index contributed by atoms with van der Waals surface area (Å²) in [5.74, 6) is -1.25. The number of fused-ring (bicyclic) bond motifs is 1. The van der Waals surface area contributed by atoms with Gasteiger partial charge in [0, 0.05) is 5.39 Å². The van der Waals surface area contributed by atoms with Gasteiger partial charge in [-0.25, -0.2) is 4.98 Å². The van der Waals surface area contributed by atoms with Gasteiger partial charge in [-0.2, -0.15) is 18.3 Å². The predicted molar refractivity (Wildman–Crippen MR) is 144 cm³/mol. The molecule has 4 heterocycles. The molecule has 0 aliphatic heterocycles. The number of nitrogens with one attached hydrogen (secondary N) is 1. The van der Waals surface area contributed by atoms with Gasteiger partial charge >= 0.3 is 6.18 Å². The molecule has 0 aliphatic carbocycles. The molecule has 0 saturated heterocycles. The summed E-state index contributed by atoms with van der Waals surface area (Å²) in [7, 11) is 0. The van der Waals surface area contributed by atoms with Crippen molar-refractivity contribution in [1.29, 1.82) is 0 Å². The molecule has 2 amide bonds. The molecule has 0 saturated carbocycles. The summed E-state index contributed by atoms with van der Waals surface area (Å²) >= 11 is 4.14. The topological polar surface area (TPSA) is 116 Å². The molecule has 5 rings (SSSR count). The van der Waals surface area contributed by atoms with Gasteiger partial charge in [0.2, 0.25) is 0 Å². The Morgan fingerprint density at radius 2 is 1.87 bits per heavy atom. The van der Waals surface area contributed by atoms with Gasteiger partial charge in [0.15, 0.2) is 5.76 Å². The van der Waals surface area contributed by atoms with Gasteiger partial charge in [0.05, 0.1) is 28.1 Å². The second-order valence-electron chi connectivity index (χ2n) is 8.63. The Balaban J connectivity index is 1.56. The fourth-order valence-electron chi connectivity index (χ4n) is 4.12. The van der Waals surface area contributed by atoms with Crippen LogP contribution in [0.1, 0.15) is 43.1 Å². The highest BCUT2D eigenvalue weighted by Gasteiger charge is 2.35. The zero-order chi connectivity index (χ0) is 28.1. The molecule has 0 aliphatic rings. The Kier molecular flexibility index (Phi) is 6.81. The fourth-order valence-corrected chi connectivity index (χ4v) is 5.41. The van der Waals surface area contributed by atoms with Crippen LogP contribution >= 0.6 is 27.3 Å². The molecule has 0 atom stereocenters. The Morgan fingerprint density at radius 3 is 2.49 bits per heavy atom. The van der Waals surface area contributed by atoms with Crippen molar-refractivity contribution in [1.82, 2.24) is 14.8 Å². The summed E-state index contributed by atoms with van der Waals surface area (Å²) in [5, 5.41) is 7.21. The second-order valence-corrected chi connectivity index (χ2v) is 10.4. The lowest BCUT2D eigenvalue weighted by atomic mass is 10.0. The molecule has 5 aromatic rings. The number of carbonyl (C=O) groups is 2. The number of nitrogens with zero attached hydrogens (tertiary/aromatic N) is 3. The number of pyridine rings is 1. The molecular formula is C26H19BrF3N5O3S. The average molecular weight is 618 g/mol. The fraction of sp³-hybridized carbons (Fsp3) is 0.154. The van der Waals surface area contributed by atoms with E-state index < -0.39 is 23.7 Å². The first-order valence-electron chi connectivity index (χ1n) is 11.4. The van der Waals surface area contributed by atoms with Gasteiger partial charge in [-0.05, 0) is 59.1 Å². The lowest BCUT2D eigenvalue weighted by Crippen LogP contribution is -2.16. The summed E-state index contributed by atoms with van der Waals surface area (Å²) in [4.78, 5) is 29.0. The van der Waals surface area contributed by atoms with Crippen LogP contribution in [0, 0.1) is 13.8 Å². The average Bonchev–Trinajstić information content (AvgIpc) is 3.57. The summed E-state index contributed by atoms with van der Waals surface area (Å²) in [5.41, 5.74) is 6.66.